The van der Waals surface area contributed by atoms with E-state index in [0.717, 1.165) is 48.7 Å². The molecule has 3 heteroatoms. The van der Waals surface area contributed by atoms with E-state index in [0.29, 0.717) is 13.2 Å². The van der Waals surface area contributed by atoms with E-state index in [9.17, 15) is 0 Å². The number of hydrogen-bond acceptors (Lipinski definition) is 3. The van der Waals surface area contributed by atoms with Gasteiger partial charge in [-0.1, -0.05) is 139 Å². The molecule has 0 N–H and O–H groups in total. The van der Waals surface area contributed by atoms with Crippen LogP contribution in [0.1, 0.15) is 126 Å². The number of aryl methyl sites for hydroxylation is 2. The number of ether oxygens (including phenoxy) is 3. The lowest BCUT2D eigenvalue weighted by atomic mass is 9.92. The Morgan fingerprint density at radius 2 is 0.867 bits per heavy atom. The van der Waals surface area contributed by atoms with Crippen LogP contribution < -0.4 is 14.2 Å². The summed E-state index contributed by atoms with van der Waals surface area (Å²) in [6.07, 6.45) is 22.0. The van der Waals surface area contributed by atoms with E-state index in [2.05, 4.69) is 62.4 Å². The topological polar surface area (TPSA) is 27.7 Å². The van der Waals surface area contributed by atoms with Crippen LogP contribution in [0, 0.1) is 0 Å². The summed E-state index contributed by atoms with van der Waals surface area (Å²) in [5.74, 6) is 3.82. The number of hydrogen-bond donors (Lipinski definition) is 0. The van der Waals surface area contributed by atoms with E-state index < -0.39 is 0 Å². The molecular weight excluding hydrogens is 552 g/mol. The molecule has 2 heterocycles. The highest BCUT2D eigenvalue weighted by atomic mass is 16.5. The van der Waals surface area contributed by atoms with Gasteiger partial charge in [0.15, 0.2) is 23.0 Å². The van der Waals surface area contributed by atoms with Gasteiger partial charge in [-0.3, -0.25) is 0 Å². The first-order chi connectivity index (χ1) is 22.3. The molecule has 0 bridgehead atoms. The normalized spacial score (nSPS) is 13.6. The van der Waals surface area contributed by atoms with E-state index in [-0.39, 0.29) is 0 Å². The minimum atomic E-state index is 0.716. The molecule has 45 heavy (non-hydrogen) atoms. The number of rotatable bonds is 18. The van der Waals surface area contributed by atoms with Crippen molar-refractivity contribution in [1.82, 2.24) is 0 Å². The Morgan fingerprint density at radius 1 is 0.489 bits per heavy atom. The Balaban J connectivity index is 1.37. The van der Waals surface area contributed by atoms with E-state index in [1.165, 1.54) is 134 Å². The van der Waals surface area contributed by atoms with Gasteiger partial charge < -0.3 is 14.2 Å². The van der Waals surface area contributed by atoms with Crippen molar-refractivity contribution in [2.75, 3.05) is 13.2 Å². The molecule has 2 aliphatic rings. The fourth-order valence-corrected chi connectivity index (χ4v) is 7.70. The number of benzene rings is 4. The van der Waals surface area contributed by atoms with Gasteiger partial charge in [0.2, 0.25) is 0 Å². The Bertz CT molecular complexity index is 1450. The van der Waals surface area contributed by atoms with Crippen molar-refractivity contribution in [3.63, 3.8) is 0 Å². The summed E-state index contributed by atoms with van der Waals surface area (Å²) < 4.78 is 20.2. The van der Waals surface area contributed by atoms with Crippen LogP contribution in [0.4, 0.5) is 0 Å². The lowest BCUT2D eigenvalue weighted by molar-refractivity contribution is 0.319. The van der Waals surface area contributed by atoms with E-state index >= 15 is 0 Å². The molecule has 6 rings (SSSR count). The predicted octanol–water partition coefficient (Wildman–Crippen LogP) is 12.2. The molecule has 0 radical (unpaired) electrons. The molecule has 0 spiro atoms. The minimum Gasteiger partial charge on any atom is -0.489 e. The highest BCUT2D eigenvalue weighted by molar-refractivity contribution is 5.96. The zero-order chi connectivity index (χ0) is 30.8. The van der Waals surface area contributed by atoms with Gasteiger partial charge in [0.25, 0.3) is 0 Å². The van der Waals surface area contributed by atoms with Crippen molar-refractivity contribution < 1.29 is 14.2 Å². The Kier molecular flexibility index (Phi) is 11.2. The fraction of sp³-hybridized carbons (Fsp3) is 0.524. The fourth-order valence-electron chi connectivity index (χ4n) is 7.70. The highest BCUT2D eigenvalue weighted by Gasteiger charge is 2.30. The summed E-state index contributed by atoms with van der Waals surface area (Å²) in [7, 11) is 0. The van der Waals surface area contributed by atoms with Crippen LogP contribution in [-0.2, 0) is 25.7 Å². The van der Waals surface area contributed by atoms with Crippen molar-refractivity contribution in [2.24, 2.45) is 0 Å². The zero-order valence-electron chi connectivity index (χ0n) is 28.0. The van der Waals surface area contributed by atoms with Crippen molar-refractivity contribution >= 4 is 21.5 Å². The molecule has 0 atom stereocenters. The van der Waals surface area contributed by atoms with Crippen molar-refractivity contribution in [3.05, 3.63) is 70.8 Å². The summed E-state index contributed by atoms with van der Waals surface area (Å²) in [4.78, 5) is 0. The summed E-state index contributed by atoms with van der Waals surface area (Å²) in [6, 6.07) is 17.9. The van der Waals surface area contributed by atoms with Crippen LogP contribution in [-0.4, -0.2) is 13.2 Å². The van der Waals surface area contributed by atoms with Crippen LogP contribution in [0.2, 0.25) is 0 Å². The summed E-state index contributed by atoms with van der Waals surface area (Å²) >= 11 is 0. The molecule has 0 aromatic heterocycles. The van der Waals surface area contributed by atoms with Crippen LogP contribution in [0.25, 0.3) is 21.5 Å². The van der Waals surface area contributed by atoms with Crippen molar-refractivity contribution in [2.45, 2.75) is 129 Å². The predicted molar refractivity (Wildman–Crippen MR) is 190 cm³/mol. The van der Waals surface area contributed by atoms with Crippen LogP contribution in [0.5, 0.6) is 23.0 Å². The molecule has 0 unspecified atom stereocenters. The highest BCUT2D eigenvalue weighted by Crippen LogP contribution is 2.52. The quantitative estimate of drug-likeness (QED) is 0.105. The molecule has 0 fully saturated rings. The smallest absolute Gasteiger partial charge is 0.173 e. The molecule has 2 aliphatic heterocycles. The molecular formula is C42H54O3. The molecule has 0 saturated carbocycles. The summed E-state index contributed by atoms with van der Waals surface area (Å²) in [5.41, 5.74) is 5.22. The van der Waals surface area contributed by atoms with Gasteiger partial charge in [-0.05, 0) is 47.2 Å². The second kappa shape index (κ2) is 15.9. The standard InChI is InChI=1S/C42H54O3/c1-3-5-7-9-11-13-15-25-35-31-21-17-19-23-33(31)37-27-29-43-39(37)41(35)45-42-36(26-16-14-12-10-8-6-4-2)32-22-18-20-24-34(32)38-28-30-44-40(38)42/h17-24H,3-16,25-30H2,1-2H3. The van der Waals surface area contributed by atoms with Crippen molar-refractivity contribution in [1.29, 1.82) is 0 Å². The van der Waals surface area contributed by atoms with E-state index in [1.54, 1.807) is 0 Å². The maximum Gasteiger partial charge on any atom is 0.173 e. The third-order valence-corrected chi connectivity index (χ3v) is 10.1. The lowest BCUT2D eigenvalue weighted by Gasteiger charge is -2.22. The molecule has 0 saturated heterocycles. The van der Waals surface area contributed by atoms with Gasteiger partial charge in [0.05, 0.1) is 13.2 Å². The second-order valence-corrected chi connectivity index (χ2v) is 13.4. The Hall–Kier alpha value is -3.20. The zero-order valence-corrected chi connectivity index (χ0v) is 28.0. The van der Waals surface area contributed by atoms with Crippen LogP contribution in [0.3, 0.4) is 0 Å². The molecule has 0 aliphatic carbocycles. The molecule has 0 amide bonds. The molecule has 4 aromatic rings. The average molecular weight is 607 g/mol. The number of unbranched alkanes of at least 4 members (excludes halogenated alkanes) is 12. The van der Waals surface area contributed by atoms with Crippen LogP contribution >= 0.6 is 0 Å². The maximum absolute atomic E-state index is 7.31. The third kappa shape index (κ3) is 7.13. The van der Waals surface area contributed by atoms with Crippen LogP contribution in [0.15, 0.2) is 48.5 Å². The Morgan fingerprint density at radius 3 is 1.29 bits per heavy atom. The minimum absolute atomic E-state index is 0.716. The van der Waals surface area contributed by atoms with Gasteiger partial charge in [0.1, 0.15) is 0 Å². The van der Waals surface area contributed by atoms with Crippen molar-refractivity contribution in [3.8, 4) is 23.0 Å². The monoisotopic (exact) mass is 606 g/mol. The maximum atomic E-state index is 7.31. The SMILES string of the molecule is CCCCCCCCCc1c(Oc2c3c(c4ccccc4c2CCCCCCCCC)CCO3)c2c(c3ccccc13)CCO2. The van der Waals surface area contributed by atoms with Gasteiger partial charge in [-0.15, -0.1) is 0 Å². The van der Waals surface area contributed by atoms with E-state index in [1.807, 2.05) is 0 Å². The lowest BCUT2D eigenvalue weighted by Crippen LogP contribution is -2.03. The van der Waals surface area contributed by atoms with Gasteiger partial charge in [-0.2, -0.15) is 0 Å². The third-order valence-electron chi connectivity index (χ3n) is 10.1. The average Bonchev–Trinajstić information content (AvgIpc) is 3.77. The first kappa shape index (κ1) is 31.8. The molecule has 3 nitrogen and oxygen atoms in total. The largest absolute Gasteiger partial charge is 0.489 e. The summed E-state index contributed by atoms with van der Waals surface area (Å²) in [5, 5.41) is 5.32. The first-order valence-electron chi connectivity index (χ1n) is 18.4. The molecule has 4 aromatic carbocycles. The Labute approximate surface area is 271 Å². The molecule has 240 valence electrons. The van der Waals surface area contributed by atoms with E-state index in [4.69, 9.17) is 14.2 Å². The van der Waals surface area contributed by atoms with Gasteiger partial charge in [0, 0.05) is 35.1 Å². The van der Waals surface area contributed by atoms with Gasteiger partial charge in [-0.25, -0.2) is 0 Å². The number of fused-ring (bicyclic) bond motifs is 6. The first-order valence-corrected chi connectivity index (χ1v) is 18.4. The van der Waals surface area contributed by atoms with Gasteiger partial charge >= 0.3 is 0 Å². The summed E-state index contributed by atoms with van der Waals surface area (Å²) in [6.45, 7) is 6.01. The second-order valence-electron chi connectivity index (χ2n) is 13.4.